The summed E-state index contributed by atoms with van der Waals surface area (Å²) in [7, 11) is -3.69. The monoisotopic (exact) mass is 305 g/mol. The highest BCUT2D eigenvalue weighted by Crippen LogP contribution is 2.25. The molecule has 0 heterocycles. The van der Waals surface area contributed by atoms with Crippen molar-refractivity contribution in [3.8, 4) is 12.1 Å². The maximum atomic E-state index is 12.8. The van der Waals surface area contributed by atoms with Gasteiger partial charge in [-0.2, -0.15) is 14.8 Å². The van der Waals surface area contributed by atoms with E-state index < -0.39 is 10.0 Å². The summed E-state index contributed by atoms with van der Waals surface area (Å²) in [6, 6.07) is 7.55. The number of aryl methyl sites for hydroxylation is 3. The zero-order valence-corrected chi connectivity index (χ0v) is 13.4. The molecule has 0 aliphatic carbocycles. The molecule has 1 aromatic carbocycles. The molecule has 6 heteroatoms. The first kappa shape index (κ1) is 17.2. The number of nitriles is 2. The van der Waals surface area contributed by atoms with Gasteiger partial charge in [-0.25, -0.2) is 8.42 Å². The summed E-state index contributed by atoms with van der Waals surface area (Å²) in [6.45, 7) is 5.65. The van der Waals surface area contributed by atoms with E-state index in [0.29, 0.717) is 11.1 Å². The molecular weight excluding hydrogens is 286 g/mol. The summed E-state index contributed by atoms with van der Waals surface area (Å²) in [5.41, 5.74) is 2.38. The maximum absolute atomic E-state index is 12.8. The van der Waals surface area contributed by atoms with Crippen LogP contribution in [0.2, 0.25) is 0 Å². The number of sulfonamides is 1. The van der Waals surface area contributed by atoms with Crippen LogP contribution >= 0.6 is 0 Å². The summed E-state index contributed by atoms with van der Waals surface area (Å²) >= 11 is 0. The lowest BCUT2D eigenvalue weighted by atomic mass is 10.1. The molecule has 1 aromatic rings. The second-order valence-electron chi connectivity index (χ2n) is 4.95. The van der Waals surface area contributed by atoms with E-state index in [1.165, 1.54) is 4.31 Å². The van der Waals surface area contributed by atoms with E-state index in [0.717, 1.165) is 5.56 Å². The normalized spacial score (nSPS) is 11.1. The van der Waals surface area contributed by atoms with Crippen molar-refractivity contribution in [1.29, 1.82) is 10.5 Å². The largest absolute Gasteiger partial charge is 0.243 e. The fourth-order valence-corrected chi connectivity index (χ4v) is 4.26. The Hall–Kier alpha value is -1.89. The summed E-state index contributed by atoms with van der Waals surface area (Å²) in [5, 5.41) is 17.4. The lowest BCUT2D eigenvalue weighted by molar-refractivity contribution is 0.424. The number of benzene rings is 1. The number of rotatable bonds is 6. The van der Waals surface area contributed by atoms with Gasteiger partial charge in [-0.05, 0) is 31.9 Å². The third-order valence-corrected chi connectivity index (χ3v) is 5.35. The predicted molar refractivity (Wildman–Crippen MR) is 79.9 cm³/mol. The highest BCUT2D eigenvalue weighted by molar-refractivity contribution is 7.89. The highest BCUT2D eigenvalue weighted by Gasteiger charge is 2.27. The number of hydrogen-bond donors (Lipinski definition) is 0. The van der Waals surface area contributed by atoms with Crippen molar-refractivity contribution in [3.05, 3.63) is 28.8 Å². The van der Waals surface area contributed by atoms with Crippen molar-refractivity contribution in [2.45, 2.75) is 38.5 Å². The zero-order chi connectivity index (χ0) is 16.0. The van der Waals surface area contributed by atoms with Crippen molar-refractivity contribution >= 4 is 10.0 Å². The van der Waals surface area contributed by atoms with Gasteiger partial charge in [0.1, 0.15) is 0 Å². The van der Waals surface area contributed by atoms with Crippen LogP contribution in [0.4, 0.5) is 0 Å². The van der Waals surface area contributed by atoms with Gasteiger partial charge in [0.25, 0.3) is 0 Å². The van der Waals surface area contributed by atoms with Crippen LogP contribution < -0.4 is 0 Å². The first-order valence-electron chi connectivity index (χ1n) is 6.66. The Kier molecular flexibility index (Phi) is 5.90. The molecule has 0 aliphatic heterocycles. The van der Waals surface area contributed by atoms with Crippen LogP contribution in [0.25, 0.3) is 0 Å². The lowest BCUT2D eigenvalue weighted by Gasteiger charge is -2.22. The molecule has 1 rings (SSSR count). The van der Waals surface area contributed by atoms with Crippen LogP contribution in [0.5, 0.6) is 0 Å². The molecule has 0 N–H and O–H groups in total. The van der Waals surface area contributed by atoms with Crippen molar-refractivity contribution in [1.82, 2.24) is 4.31 Å². The lowest BCUT2D eigenvalue weighted by Crippen LogP contribution is -2.33. The zero-order valence-electron chi connectivity index (χ0n) is 12.5. The minimum atomic E-state index is -3.69. The maximum Gasteiger partial charge on any atom is 0.243 e. The second-order valence-corrected chi connectivity index (χ2v) is 6.82. The quantitative estimate of drug-likeness (QED) is 0.808. The molecule has 0 saturated carbocycles. The molecule has 0 radical (unpaired) electrons. The minimum absolute atomic E-state index is 0.104. The van der Waals surface area contributed by atoms with E-state index in [2.05, 4.69) is 0 Å². The average molecular weight is 305 g/mol. The molecule has 0 atom stereocenters. The topological polar surface area (TPSA) is 85.0 Å². The van der Waals surface area contributed by atoms with Crippen molar-refractivity contribution in [2.75, 3.05) is 13.1 Å². The van der Waals surface area contributed by atoms with Gasteiger partial charge < -0.3 is 0 Å². The van der Waals surface area contributed by atoms with Gasteiger partial charge in [-0.15, -0.1) is 0 Å². The Morgan fingerprint density at radius 3 is 1.81 bits per heavy atom. The molecule has 0 aliphatic rings. The summed E-state index contributed by atoms with van der Waals surface area (Å²) in [5.74, 6) is 0. The fourth-order valence-electron chi connectivity index (χ4n) is 2.40. The molecule has 0 bridgehead atoms. The van der Waals surface area contributed by atoms with E-state index in [-0.39, 0.29) is 30.8 Å². The summed E-state index contributed by atoms with van der Waals surface area (Å²) in [6.07, 6.45) is 0.212. The Balaban J connectivity index is 3.29. The molecule has 112 valence electrons. The number of hydrogen-bond acceptors (Lipinski definition) is 4. The van der Waals surface area contributed by atoms with Gasteiger partial charge in [0, 0.05) is 25.9 Å². The van der Waals surface area contributed by atoms with Gasteiger partial charge >= 0.3 is 0 Å². The average Bonchev–Trinajstić information content (AvgIpc) is 2.36. The van der Waals surface area contributed by atoms with Crippen LogP contribution in [0.15, 0.2) is 17.0 Å². The van der Waals surface area contributed by atoms with Crippen LogP contribution in [0.1, 0.15) is 29.5 Å². The third kappa shape index (κ3) is 4.04. The fraction of sp³-hybridized carbons (Fsp3) is 0.467. The van der Waals surface area contributed by atoms with Crippen LogP contribution in [0.3, 0.4) is 0 Å². The Morgan fingerprint density at radius 2 is 1.43 bits per heavy atom. The van der Waals surface area contributed by atoms with E-state index in [1.807, 2.05) is 31.2 Å². The standard InChI is InChI=1S/C15H19N3O2S/c1-12-10-13(2)15(14(3)11-12)21(19,20)18(8-4-6-16)9-5-7-17/h10-11H,4-5,8-9H2,1-3H3. The van der Waals surface area contributed by atoms with Crippen LogP contribution in [-0.2, 0) is 10.0 Å². The van der Waals surface area contributed by atoms with Crippen LogP contribution in [0, 0.1) is 43.4 Å². The molecule has 0 spiro atoms. The van der Waals surface area contributed by atoms with Crippen molar-refractivity contribution in [3.63, 3.8) is 0 Å². The van der Waals surface area contributed by atoms with E-state index in [9.17, 15) is 8.42 Å². The second kappa shape index (κ2) is 7.21. The first-order chi connectivity index (χ1) is 9.84. The van der Waals surface area contributed by atoms with Gasteiger partial charge in [0.05, 0.1) is 17.0 Å². The Labute approximate surface area is 126 Å². The first-order valence-corrected chi connectivity index (χ1v) is 8.10. The summed E-state index contributed by atoms with van der Waals surface area (Å²) < 4.78 is 26.8. The van der Waals surface area contributed by atoms with E-state index >= 15 is 0 Å². The molecule has 0 fully saturated rings. The highest BCUT2D eigenvalue weighted by atomic mass is 32.2. The molecule has 0 saturated heterocycles. The van der Waals surface area contributed by atoms with E-state index in [1.54, 1.807) is 13.8 Å². The molecule has 0 amide bonds. The molecule has 5 nitrogen and oxygen atoms in total. The smallest absolute Gasteiger partial charge is 0.207 e. The van der Waals surface area contributed by atoms with Gasteiger partial charge in [0.2, 0.25) is 10.0 Å². The predicted octanol–water partition coefficient (Wildman–Crippen LogP) is 2.43. The number of nitrogens with zero attached hydrogens (tertiary/aromatic N) is 3. The Morgan fingerprint density at radius 1 is 1.00 bits per heavy atom. The molecular formula is C15H19N3O2S. The minimum Gasteiger partial charge on any atom is -0.207 e. The molecule has 0 unspecified atom stereocenters. The van der Waals surface area contributed by atoms with Crippen molar-refractivity contribution in [2.24, 2.45) is 0 Å². The van der Waals surface area contributed by atoms with Gasteiger partial charge in [0.15, 0.2) is 0 Å². The van der Waals surface area contributed by atoms with Crippen molar-refractivity contribution < 1.29 is 8.42 Å². The third-order valence-electron chi connectivity index (χ3n) is 3.15. The summed E-state index contributed by atoms with van der Waals surface area (Å²) in [4.78, 5) is 0.281. The van der Waals surface area contributed by atoms with E-state index in [4.69, 9.17) is 10.5 Å². The van der Waals surface area contributed by atoms with Gasteiger partial charge in [-0.3, -0.25) is 0 Å². The van der Waals surface area contributed by atoms with Gasteiger partial charge in [-0.1, -0.05) is 17.7 Å². The SMILES string of the molecule is Cc1cc(C)c(S(=O)(=O)N(CCC#N)CCC#N)c(C)c1. The molecule has 21 heavy (non-hydrogen) atoms. The van der Waals surface area contributed by atoms with Crippen LogP contribution in [-0.4, -0.2) is 25.8 Å². The Bertz CT molecular complexity index is 656. The molecule has 0 aromatic heterocycles.